The Bertz CT molecular complexity index is 673. The standard InChI is InChI=1S/C15H23N5/c1-4-20-14-12(17-13(19-14)9(2)3)11(18-15(20)16)10-7-5-6-8-10/h9-10,16H,4-8H2,1-3H3,(H,17,19). The number of aryl methyl sites for hydroxylation is 1. The SMILES string of the molecule is CCn1c(=N)nc(C2CCCC2)c2[nH]c(C(C)C)nc21. The maximum atomic E-state index is 8.17. The van der Waals surface area contributed by atoms with Crippen molar-refractivity contribution < 1.29 is 0 Å². The molecule has 0 aliphatic heterocycles. The van der Waals surface area contributed by atoms with Gasteiger partial charge in [0.05, 0.1) is 5.69 Å². The topological polar surface area (TPSA) is 70.3 Å². The summed E-state index contributed by atoms with van der Waals surface area (Å²) in [5.74, 6) is 1.85. The van der Waals surface area contributed by atoms with Gasteiger partial charge in [-0.05, 0) is 19.8 Å². The average molecular weight is 273 g/mol. The van der Waals surface area contributed by atoms with Crippen LogP contribution in [-0.4, -0.2) is 19.5 Å². The zero-order chi connectivity index (χ0) is 14.3. The Morgan fingerprint density at radius 1 is 1.30 bits per heavy atom. The molecule has 0 atom stereocenters. The van der Waals surface area contributed by atoms with Gasteiger partial charge >= 0.3 is 0 Å². The number of aromatic nitrogens is 4. The van der Waals surface area contributed by atoms with Crippen molar-refractivity contribution in [2.24, 2.45) is 0 Å². The van der Waals surface area contributed by atoms with Gasteiger partial charge in [-0.3, -0.25) is 9.98 Å². The van der Waals surface area contributed by atoms with E-state index in [1.807, 2.05) is 11.5 Å². The summed E-state index contributed by atoms with van der Waals surface area (Å²) in [6.07, 6.45) is 4.92. The number of hydrogen-bond donors (Lipinski definition) is 2. The van der Waals surface area contributed by atoms with Crippen LogP contribution in [0.15, 0.2) is 0 Å². The van der Waals surface area contributed by atoms with Gasteiger partial charge in [0.25, 0.3) is 0 Å². The first-order valence-corrected chi connectivity index (χ1v) is 7.66. The molecule has 0 aromatic carbocycles. The summed E-state index contributed by atoms with van der Waals surface area (Å²) in [7, 11) is 0. The number of H-pyrrole nitrogens is 1. The van der Waals surface area contributed by atoms with E-state index >= 15 is 0 Å². The molecule has 20 heavy (non-hydrogen) atoms. The van der Waals surface area contributed by atoms with Crippen LogP contribution < -0.4 is 5.62 Å². The summed E-state index contributed by atoms with van der Waals surface area (Å²) in [6.45, 7) is 7.05. The Hall–Kier alpha value is -1.65. The summed E-state index contributed by atoms with van der Waals surface area (Å²) in [6, 6.07) is 0. The minimum atomic E-state index is 0.337. The predicted molar refractivity (Wildman–Crippen MR) is 78.7 cm³/mol. The van der Waals surface area contributed by atoms with Gasteiger partial charge in [0, 0.05) is 18.4 Å². The number of imidazole rings is 1. The quantitative estimate of drug-likeness (QED) is 0.902. The lowest BCUT2D eigenvalue weighted by atomic mass is 10.0. The van der Waals surface area contributed by atoms with Gasteiger partial charge in [-0.25, -0.2) is 9.97 Å². The molecular weight excluding hydrogens is 250 g/mol. The summed E-state index contributed by atoms with van der Waals surface area (Å²) in [5, 5.41) is 8.17. The summed E-state index contributed by atoms with van der Waals surface area (Å²) in [4.78, 5) is 12.8. The number of aromatic amines is 1. The number of nitrogens with one attached hydrogen (secondary N) is 2. The Kier molecular flexibility index (Phi) is 3.36. The monoisotopic (exact) mass is 273 g/mol. The highest BCUT2D eigenvalue weighted by Crippen LogP contribution is 2.35. The van der Waals surface area contributed by atoms with Crippen molar-refractivity contribution in [3.63, 3.8) is 0 Å². The molecule has 0 amide bonds. The van der Waals surface area contributed by atoms with E-state index in [1.165, 1.54) is 25.7 Å². The maximum Gasteiger partial charge on any atom is 0.223 e. The van der Waals surface area contributed by atoms with Gasteiger partial charge in [0.2, 0.25) is 5.62 Å². The lowest BCUT2D eigenvalue weighted by Gasteiger charge is -2.12. The van der Waals surface area contributed by atoms with Gasteiger partial charge in [0.15, 0.2) is 5.65 Å². The van der Waals surface area contributed by atoms with Gasteiger partial charge in [-0.2, -0.15) is 0 Å². The minimum Gasteiger partial charge on any atom is -0.339 e. The number of fused-ring (bicyclic) bond motifs is 1. The van der Waals surface area contributed by atoms with Crippen LogP contribution in [-0.2, 0) is 6.54 Å². The second kappa shape index (κ2) is 5.04. The molecule has 0 unspecified atom stereocenters. The molecule has 2 aromatic rings. The lowest BCUT2D eigenvalue weighted by molar-refractivity contribution is 0.646. The van der Waals surface area contributed by atoms with Crippen molar-refractivity contribution in [1.29, 1.82) is 5.41 Å². The van der Waals surface area contributed by atoms with Crippen LogP contribution in [0.25, 0.3) is 11.2 Å². The zero-order valence-electron chi connectivity index (χ0n) is 12.5. The highest BCUT2D eigenvalue weighted by molar-refractivity contribution is 5.74. The molecule has 5 heteroatoms. The van der Waals surface area contributed by atoms with Gasteiger partial charge in [-0.15, -0.1) is 0 Å². The molecule has 1 aliphatic carbocycles. The van der Waals surface area contributed by atoms with Crippen LogP contribution in [0.3, 0.4) is 0 Å². The number of hydrogen-bond acceptors (Lipinski definition) is 3. The van der Waals surface area contributed by atoms with Crippen molar-refractivity contribution in [2.75, 3.05) is 0 Å². The van der Waals surface area contributed by atoms with Crippen molar-refractivity contribution in [3.05, 3.63) is 17.1 Å². The molecule has 0 radical (unpaired) electrons. The number of nitrogens with zero attached hydrogens (tertiary/aromatic N) is 3. The molecule has 0 bridgehead atoms. The maximum absolute atomic E-state index is 8.17. The Balaban J connectivity index is 2.26. The van der Waals surface area contributed by atoms with E-state index in [1.54, 1.807) is 0 Å². The molecule has 5 nitrogen and oxygen atoms in total. The van der Waals surface area contributed by atoms with Crippen LogP contribution >= 0.6 is 0 Å². The summed E-state index contributed by atoms with van der Waals surface area (Å²) in [5.41, 5.74) is 3.35. The summed E-state index contributed by atoms with van der Waals surface area (Å²) >= 11 is 0. The predicted octanol–water partition coefficient (Wildman–Crippen LogP) is 3.04. The molecular formula is C15H23N5. The van der Waals surface area contributed by atoms with Crippen molar-refractivity contribution in [1.82, 2.24) is 19.5 Å². The first-order valence-electron chi connectivity index (χ1n) is 7.66. The first kappa shape index (κ1) is 13.3. The fourth-order valence-corrected chi connectivity index (χ4v) is 3.15. The highest BCUT2D eigenvalue weighted by atomic mass is 15.1. The van der Waals surface area contributed by atoms with Crippen LogP contribution in [0.5, 0.6) is 0 Å². The number of rotatable bonds is 3. The van der Waals surface area contributed by atoms with E-state index in [0.29, 0.717) is 17.5 Å². The lowest BCUT2D eigenvalue weighted by Crippen LogP contribution is -2.25. The van der Waals surface area contributed by atoms with E-state index in [0.717, 1.165) is 29.2 Å². The molecule has 0 saturated heterocycles. The van der Waals surface area contributed by atoms with Crippen molar-refractivity contribution in [2.45, 2.75) is 64.8 Å². The molecule has 2 heterocycles. The van der Waals surface area contributed by atoms with E-state index in [2.05, 4.69) is 23.8 Å². The Labute approximate surface area is 119 Å². The average Bonchev–Trinajstić information content (AvgIpc) is 3.07. The van der Waals surface area contributed by atoms with E-state index in [9.17, 15) is 0 Å². The van der Waals surface area contributed by atoms with Crippen molar-refractivity contribution >= 4 is 11.2 Å². The fraction of sp³-hybridized carbons (Fsp3) is 0.667. The van der Waals surface area contributed by atoms with E-state index < -0.39 is 0 Å². The first-order chi connectivity index (χ1) is 9.61. The van der Waals surface area contributed by atoms with E-state index in [-0.39, 0.29) is 0 Å². The molecule has 0 spiro atoms. The van der Waals surface area contributed by atoms with Crippen LogP contribution in [0, 0.1) is 5.41 Å². The molecule has 1 saturated carbocycles. The largest absolute Gasteiger partial charge is 0.339 e. The van der Waals surface area contributed by atoms with Crippen LogP contribution in [0.1, 0.15) is 69.8 Å². The molecule has 2 aromatic heterocycles. The smallest absolute Gasteiger partial charge is 0.223 e. The zero-order valence-corrected chi connectivity index (χ0v) is 12.5. The van der Waals surface area contributed by atoms with E-state index in [4.69, 9.17) is 10.4 Å². The third kappa shape index (κ3) is 2.05. The molecule has 1 aliphatic rings. The minimum absolute atomic E-state index is 0.337. The molecule has 2 N–H and O–H groups in total. The van der Waals surface area contributed by atoms with Gasteiger partial charge in [-0.1, -0.05) is 26.7 Å². The molecule has 1 fully saturated rings. The molecule has 3 rings (SSSR count). The van der Waals surface area contributed by atoms with Gasteiger partial charge in [0.1, 0.15) is 11.3 Å². The normalized spacial score (nSPS) is 16.6. The second-order valence-corrected chi connectivity index (χ2v) is 6.02. The Morgan fingerprint density at radius 2 is 2.00 bits per heavy atom. The molecule has 108 valence electrons. The van der Waals surface area contributed by atoms with Crippen molar-refractivity contribution in [3.8, 4) is 0 Å². The van der Waals surface area contributed by atoms with Crippen LogP contribution in [0.2, 0.25) is 0 Å². The third-order valence-electron chi connectivity index (χ3n) is 4.30. The third-order valence-corrected chi connectivity index (χ3v) is 4.30. The summed E-state index contributed by atoms with van der Waals surface area (Å²) < 4.78 is 1.89. The fourth-order valence-electron chi connectivity index (χ4n) is 3.15. The second-order valence-electron chi connectivity index (χ2n) is 6.02. The Morgan fingerprint density at radius 3 is 2.60 bits per heavy atom. The van der Waals surface area contributed by atoms with Gasteiger partial charge < -0.3 is 4.98 Å². The highest BCUT2D eigenvalue weighted by Gasteiger charge is 2.24. The van der Waals surface area contributed by atoms with Crippen LogP contribution in [0.4, 0.5) is 0 Å².